The molecule has 1 N–H and O–H groups in total. The lowest BCUT2D eigenvalue weighted by molar-refractivity contribution is -0.200. The highest BCUT2D eigenvalue weighted by molar-refractivity contribution is 5.52. The molecule has 0 aliphatic carbocycles. The van der Waals surface area contributed by atoms with Crippen LogP contribution in [0.15, 0.2) is 66.7 Å². The van der Waals surface area contributed by atoms with Crippen LogP contribution in [-0.4, -0.2) is 23.9 Å². The van der Waals surface area contributed by atoms with Crippen molar-refractivity contribution in [2.24, 2.45) is 0 Å². The first-order valence-corrected chi connectivity index (χ1v) is 9.72. The molecule has 0 amide bonds. The van der Waals surface area contributed by atoms with Crippen molar-refractivity contribution < 1.29 is 45.0 Å². The number of hydrogen-bond donors (Lipinski definition) is 1. The van der Waals surface area contributed by atoms with E-state index in [0.717, 1.165) is 17.0 Å². The number of aliphatic hydroxyl groups is 1. The Morgan fingerprint density at radius 2 is 1.50 bits per heavy atom. The molecule has 182 valence electrons. The first-order valence-electron chi connectivity index (χ1n) is 9.72. The molecular weight excluding hydrogens is 474 g/mol. The van der Waals surface area contributed by atoms with E-state index in [4.69, 9.17) is 4.74 Å². The van der Waals surface area contributed by atoms with Crippen LogP contribution in [0.25, 0.3) is 0 Å². The second kappa shape index (κ2) is 9.88. The normalized spacial score (nSPS) is 13.0. The lowest BCUT2D eigenvalue weighted by Gasteiger charge is -2.29. The van der Waals surface area contributed by atoms with E-state index in [9.17, 15) is 40.2 Å². The molecule has 0 saturated heterocycles. The fraction of sp³-hybridized carbons (Fsp3) is 0.217. The Kier molecular flexibility index (Phi) is 7.35. The van der Waals surface area contributed by atoms with Gasteiger partial charge in [-0.25, -0.2) is 8.78 Å². The number of rotatable bonds is 7. The minimum Gasteiger partial charge on any atom is -0.457 e. The molecular formula is C23H17F8NO2. The Morgan fingerprint density at radius 3 is 2.12 bits per heavy atom. The van der Waals surface area contributed by atoms with Crippen molar-refractivity contribution >= 4 is 5.69 Å². The fourth-order valence-electron chi connectivity index (χ4n) is 3.03. The van der Waals surface area contributed by atoms with Crippen LogP contribution in [0.4, 0.5) is 40.8 Å². The van der Waals surface area contributed by atoms with E-state index in [1.54, 1.807) is 0 Å². The quantitative estimate of drug-likeness (QED) is 0.373. The SMILES string of the molecule is OC(CN(Cc1cc(C(F)(F)F)ccc1F)c1cccc(Oc2ccc(F)cc2)c1)C(F)(F)F. The maximum atomic E-state index is 14.3. The molecule has 1 atom stereocenters. The largest absolute Gasteiger partial charge is 0.457 e. The van der Waals surface area contributed by atoms with Gasteiger partial charge in [0.1, 0.15) is 23.1 Å². The molecule has 0 spiro atoms. The Bertz CT molecular complexity index is 1110. The van der Waals surface area contributed by atoms with Crippen molar-refractivity contribution in [3.05, 3.63) is 89.5 Å². The van der Waals surface area contributed by atoms with E-state index < -0.39 is 54.3 Å². The van der Waals surface area contributed by atoms with E-state index >= 15 is 0 Å². The molecule has 3 aromatic carbocycles. The molecule has 3 nitrogen and oxygen atoms in total. The summed E-state index contributed by atoms with van der Waals surface area (Å²) in [6, 6.07) is 11.9. The fourth-order valence-corrected chi connectivity index (χ4v) is 3.03. The summed E-state index contributed by atoms with van der Waals surface area (Å²) in [6.07, 6.45) is -12.7. The number of alkyl halides is 6. The summed E-state index contributed by atoms with van der Waals surface area (Å²) in [5, 5.41) is 9.57. The van der Waals surface area contributed by atoms with Crippen molar-refractivity contribution in [1.29, 1.82) is 0 Å². The van der Waals surface area contributed by atoms with Gasteiger partial charge >= 0.3 is 12.4 Å². The van der Waals surface area contributed by atoms with Gasteiger partial charge in [-0.1, -0.05) is 6.07 Å². The lowest BCUT2D eigenvalue weighted by Crippen LogP contribution is -2.41. The molecule has 11 heteroatoms. The van der Waals surface area contributed by atoms with Gasteiger partial charge in [-0.2, -0.15) is 26.3 Å². The Labute approximate surface area is 188 Å². The van der Waals surface area contributed by atoms with Crippen molar-refractivity contribution in [1.82, 2.24) is 0 Å². The zero-order valence-corrected chi connectivity index (χ0v) is 17.2. The topological polar surface area (TPSA) is 32.7 Å². The van der Waals surface area contributed by atoms with Crippen molar-refractivity contribution in [3.8, 4) is 11.5 Å². The molecule has 0 bridgehead atoms. The summed E-state index contributed by atoms with van der Waals surface area (Å²) in [5.74, 6) is -1.25. The summed E-state index contributed by atoms with van der Waals surface area (Å²) < 4.78 is 111. The van der Waals surface area contributed by atoms with Crippen LogP contribution in [0.3, 0.4) is 0 Å². The van der Waals surface area contributed by atoms with Gasteiger partial charge in [0.25, 0.3) is 0 Å². The van der Waals surface area contributed by atoms with E-state index in [0.29, 0.717) is 18.2 Å². The third-order valence-corrected chi connectivity index (χ3v) is 4.74. The lowest BCUT2D eigenvalue weighted by atomic mass is 10.1. The van der Waals surface area contributed by atoms with Gasteiger partial charge in [0.05, 0.1) is 12.1 Å². The number of halogens is 8. The molecule has 0 saturated carbocycles. The molecule has 0 aliphatic rings. The Morgan fingerprint density at radius 1 is 0.824 bits per heavy atom. The molecule has 0 fully saturated rings. The van der Waals surface area contributed by atoms with Crippen molar-refractivity contribution in [2.75, 3.05) is 11.4 Å². The second-order valence-electron chi connectivity index (χ2n) is 7.30. The van der Waals surface area contributed by atoms with Gasteiger partial charge < -0.3 is 14.7 Å². The number of benzene rings is 3. The molecule has 0 radical (unpaired) electrons. The number of ether oxygens (including phenoxy) is 1. The highest BCUT2D eigenvalue weighted by Crippen LogP contribution is 2.33. The predicted octanol–water partition coefficient (Wildman–Crippen LogP) is 6.71. The maximum Gasteiger partial charge on any atom is 0.416 e. The molecule has 1 unspecified atom stereocenters. The standard InChI is InChI=1S/C23H17F8NO2/c24-16-5-7-18(8-6-16)34-19-3-1-2-17(11-19)32(13-21(33)23(29,30)31)12-14-10-15(22(26,27)28)4-9-20(14)25/h1-11,21,33H,12-13H2. The Hall–Kier alpha value is -3.34. The highest BCUT2D eigenvalue weighted by atomic mass is 19.4. The van der Waals surface area contributed by atoms with Crippen LogP contribution in [0.1, 0.15) is 11.1 Å². The van der Waals surface area contributed by atoms with E-state index in [2.05, 4.69) is 0 Å². The second-order valence-corrected chi connectivity index (χ2v) is 7.30. The van der Waals surface area contributed by atoms with E-state index in [1.807, 2.05) is 0 Å². The zero-order valence-electron chi connectivity index (χ0n) is 17.2. The maximum absolute atomic E-state index is 14.3. The summed E-state index contributed by atoms with van der Waals surface area (Å²) in [6.45, 7) is -1.79. The van der Waals surface area contributed by atoms with Crippen LogP contribution in [0.2, 0.25) is 0 Å². The number of hydrogen-bond acceptors (Lipinski definition) is 3. The summed E-state index contributed by atoms with van der Waals surface area (Å²) >= 11 is 0. The van der Waals surface area contributed by atoms with Crippen molar-refractivity contribution in [2.45, 2.75) is 25.0 Å². The van der Waals surface area contributed by atoms with Gasteiger partial charge in [-0.3, -0.25) is 0 Å². The van der Waals surface area contributed by atoms with Gasteiger partial charge in [0.2, 0.25) is 0 Å². The monoisotopic (exact) mass is 491 g/mol. The van der Waals surface area contributed by atoms with Crippen LogP contribution in [-0.2, 0) is 12.7 Å². The molecule has 0 aromatic heterocycles. The summed E-state index contributed by atoms with van der Waals surface area (Å²) in [4.78, 5) is 0.883. The number of nitrogens with zero attached hydrogens (tertiary/aromatic N) is 1. The first-order chi connectivity index (χ1) is 15.8. The van der Waals surface area contributed by atoms with Gasteiger partial charge in [0.15, 0.2) is 6.10 Å². The van der Waals surface area contributed by atoms with Crippen molar-refractivity contribution in [3.63, 3.8) is 0 Å². The minimum atomic E-state index is -5.02. The van der Waals surface area contributed by atoms with Crippen LogP contribution >= 0.6 is 0 Å². The van der Waals surface area contributed by atoms with Crippen LogP contribution in [0, 0.1) is 11.6 Å². The third-order valence-electron chi connectivity index (χ3n) is 4.74. The van der Waals surface area contributed by atoms with E-state index in [-0.39, 0.29) is 17.2 Å². The molecule has 3 aromatic rings. The minimum absolute atomic E-state index is 0.0136. The average molecular weight is 491 g/mol. The van der Waals surface area contributed by atoms with Crippen LogP contribution < -0.4 is 9.64 Å². The highest BCUT2D eigenvalue weighted by Gasteiger charge is 2.39. The molecule has 34 heavy (non-hydrogen) atoms. The van der Waals surface area contributed by atoms with E-state index in [1.165, 1.54) is 36.4 Å². The Balaban J connectivity index is 1.94. The van der Waals surface area contributed by atoms with Gasteiger partial charge in [0, 0.05) is 23.9 Å². The molecule has 3 rings (SSSR count). The average Bonchev–Trinajstić information content (AvgIpc) is 2.75. The molecule has 0 aliphatic heterocycles. The first kappa shape index (κ1) is 25.3. The molecule has 0 heterocycles. The third kappa shape index (κ3) is 6.60. The van der Waals surface area contributed by atoms with Gasteiger partial charge in [-0.05, 0) is 54.6 Å². The summed E-state index contributed by atoms with van der Waals surface area (Å²) in [5.41, 5.74) is -1.68. The number of anilines is 1. The van der Waals surface area contributed by atoms with Crippen LogP contribution in [0.5, 0.6) is 11.5 Å². The summed E-state index contributed by atoms with van der Waals surface area (Å²) in [7, 11) is 0. The number of aliphatic hydroxyl groups excluding tert-OH is 1. The predicted molar refractivity (Wildman–Crippen MR) is 107 cm³/mol. The smallest absolute Gasteiger partial charge is 0.416 e. The van der Waals surface area contributed by atoms with Gasteiger partial charge in [-0.15, -0.1) is 0 Å². The zero-order chi connectivity index (χ0) is 25.1.